The van der Waals surface area contributed by atoms with Gasteiger partial charge in [0.2, 0.25) is 0 Å². The fourth-order valence-electron chi connectivity index (χ4n) is 3.88. The molecule has 0 aromatic carbocycles. The van der Waals surface area contributed by atoms with Crippen molar-refractivity contribution in [2.75, 3.05) is 0 Å². The summed E-state index contributed by atoms with van der Waals surface area (Å²) < 4.78 is 0. The Bertz CT molecular complexity index is 312. The third-order valence-electron chi connectivity index (χ3n) is 5.73. The third-order valence-corrected chi connectivity index (χ3v) is 5.73. The molecule has 1 heteroatoms. The Morgan fingerprint density at radius 2 is 0.667 bits per heavy atom. The van der Waals surface area contributed by atoms with Gasteiger partial charge in [-0.1, -0.05) is 153 Å². The van der Waals surface area contributed by atoms with Gasteiger partial charge in [0.25, 0.3) is 0 Å². The van der Waals surface area contributed by atoms with Gasteiger partial charge in [0.1, 0.15) is 0 Å². The van der Waals surface area contributed by atoms with Crippen LogP contribution >= 0.6 is 0 Å². The molecule has 0 bridgehead atoms. The van der Waals surface area contributed by atoms with Gasteiger partial charge in [-0.05, 0) is 6.42 Å². The van der Waals surface area contributed by atoms with E-state index in [4.69, 9.17) is 5.73 Å². The maximum atomic E-state index is 8.38. The van der Waals surface area contributed by atoms with Crippen LogP contribution < -0.4 is 5.73 Å². The number of hydrogen-bond acceptors (Lipinski definition) is 0. The normalized spacial score (nSPS) is 10.7. The summed E-state index contributed by atoms with van der Waals surface area (Å²) in [4.78, 5) is 0. The molecule has 1 nitrogen and oxygen atoms in total. The SMILES string of the molecule is CCCCCCCCCCCCCCCCCCCCCCCCC#C[N]. The van der Waals surface area contributed by atoms with Crippen molar-refractivity contribution in [3.05, 3.63) is 0 Å². The molecule has 2 radical (unpaired) electrons. The highest BCUT2D eigenvalue weighted by Gasteiger charge is 1.95. The van der Waals surface area contributed by atoms with Crippen molar-refractivity contribution in [3.63, 3.8) is 0 Å². The molecule has 0 atom stereocenters. The van der Waals surface area contributed by atoms with E-state index >= 15 is 0 Å². The molecule has 0 unspecified atom stereocenters. The summed E-state index contributed by atoms with van der Waals surface area (Å²) >= 11 is 0. The maximum Gasteiger partial charge on any atom is 0.0584 e. The molecule has 0 aliphatic heterocycles. The van der Waals surface area contributed by atoms with Gasteiger partial charge in [-0.25, -0.2) is 0 Å². The zero-order valence-corrected chi connectivity index (χ0v) is 18.7. The molecule has 158 valence electrons. The highest BCUT2D eigenvalue weighted by atomic mass is 14.4. The Hall–Kier alpha value is -0.640. The van der Waals surface area contributed by atoms with E-state index in [2.05, 4.69) is 12.8 Å². The molecule has 0 N–H and O–H groups in total. The van der Waals surface area contributed by atoms with Gasteiger partial charge < -0.3 is 0 Å². The molecule has 0 aromatic heterocycles. The lowest BCUT2D eigenvalue weighted by molar-refractivity contribution is 0.519. The van der Waals surface area contributed by atoms with Crippen LogP contribution in [0.4, 0.5) is 0 Å². The fraction of sp³-hybridized carbons (Fsp3) is 0.923. The molecule has 0 aliphatic carbocycles. The zero-order chi connectivity index (χ0) is 19.7. The summed E-state index contributed by atoms with van der Waals surface area (Å²) in [6, 6.07) is 1.98. The van der Waals surface area contributed by atoms with Gasteiger partial charge in [-0.3, -0.25) is 0 Å². The molecule has 27 heavy (non-hydrogen) atoms. The van der Waals surface area contributed by atoms with E-state index in [1.54, 1.807) is 0 Å². The largest absolute Gasteiger partial charge is 0.0878 e. The quantitative estimate of drug-likeness (QED) is 0.133. The predicted octanol–water partition coefficient (Wildman–Crippen LogP) is 9.01. The summed E-state index contributed by atoms with van der Waals surface area (Å²) in [7, 11) is 0. The van der Waals surface area contributed by atoms with E-state index in [0.717, 1.165) is 12.8 Å². The van der Waals surface area contributed by atoms with E-state index in [9.17, 15) is 0 Å². The van der Waals surface area contributed by atoms with E-state index in [-0.39, 0.29) is 0 Å². The van der Waals surface area contributed by atoms with E-state index < -0.39 is 0 Å². The second kappa shape index (κ2) is 25.4. The molecule has 0 aliphatic rings. The van der Waals surface area contributed by atoms with Crippen molar-refractivity contribution in [3.8, 4) is 12.0 Å². The van der Waals surface area contributed by atoms with Crippen LogP contribution in [0.3, 0.4) is 0 Å². The topological polar surface area (TPSA) is 22.3 Å². The predicted molar refractivity (Wildman–Crippen MR) is 122 cm³/mol. The molecule has 0 rings (SSSR count). The summed E-state index contributed by atoms with van der Waals surface area (Å²) in [5.74, 6) is 2.72. The van der Waals surface area contributed by atoms with E-state index in [1.807, 2.05) is 6.04 Å². The molecular weight excluding hydrogens is 326 g/mol. The van der Waals surface area contributed by atoms with Crippen molar-refractivity contribution in [1.29, 1.82) is 0 Å². The van der Waals surface area contributed by atoms with Crippen LogP contribution in [0, 0.1) is 12.0 Å². The molecular formula is C26H49N. The van der Waals surface area contributed by atoms with Crippen LogP contribution in [0.25, 0.3) is 0 Å². The molecule has 0 saturated heterocycles. The number of unbranched alkanes of at least 4 members (excludes halogenated alkanes) is 22. The number of hydrogen-bond donors (Lipinski definition) is 0. The summed E-state index contributed by atoms with van der Waals surface area (Å²) in [5.41, 5.74) is 8.38. The average Bonchev–Trinajstić information content (AvgIpc) is 2.68. The van der Waals surface area contributed by atoms with Crippen LogP contribution in [-0.2, 0) is 0 Å². The van der Waals surface area contributed by atoms with Gasteiger partial charge in [-0.15, -0.1) is 0 Å². The smallest absolute Gasteiger partial charge is 0.0584 e. The van der Waals surface area contributed by atoms with Crippen LogP contribution in [0.5, 0.6) is 0 Å². The van der Waals surface area contributed by atoms with Crippen molar-refractivity contribution in [2.45, 2.75) is 155 Å². The molecule has 0 heterocycles. The summed E-state index contributed by atoms with van der Waals surface area (Å²) in [6.45, 7) is 2.30. The lowest BCUT2D eigenvalue weighted by atomic mass is 10.0. The van der Waals surface area contributed by atoms with Gasteiger partial charge >= 0.3 is 0 Å². The van der Waals surface area contributed by atoms with Crippen LogP contribution in [-0.4, -0.2) is 0 Å². The Morgan fingerprint density at radius 1 is 0.407 bits per heavy atom. The summed E-state index contributed by atoms with van der Waals surface area (Å²) in [6.07, 6.45) is 32.1. The van der Waals surface area contributed by atoms with Crippen LogP contribution in [0.2, 0.25) is 0 Å². The lowest BCUT2D eigenvalue weighted by Gasteiger charge is -2.04. The Labute approximate surface area is 172 Å². The molecule has 0 fully saturated rings. The average molecular weight is 376 g/mol. The number of rotatable bonds is 22. The van der Waals surface area contributed by atoms with Crippen molar-refractivity contribution in [2.24, 2.45) is 0 Å². The molecule has 0 aromatic rings. The number of nitrogens with zero attached hydrogens (tertiary/aromatic N) is 1. The van der Waals surface area contributed by atoms with Crippen molar-refractivity contribution in [1.82, 2.24) is 5.73 Å². The van der Waals surface area contributed by atoms with Crippen molar-refractivity contribution < 1.29 is 0 Å². The van der Waals surface area contributed by atoms with Gasteiger partial charge in [0.15, 0.2) is 0 Å². The Kier molecular flexibility index (Phi) is 24.8. The first kappa shape index (κ1) is 26.4. The van der Waals surface area contributed by atoms with Crippen LogP contribution in [0.1, 0.15) is 155 Å². The van der Waals surface area contributed by atoms with Crippen LogP contribution in [0.15, 0.2) is 0 Å². The summed E-state index contributed by atoms with van der Waals surface area (Å²) in [5, 5.41) is 0. The standard InChI is InChI=1S/C26H49N/c1-2-3-4-5-6-7-8-9-10-11-12-13-14-15-16-17-18-19-20-21-22-23-24-25-26-27/h2-24H2,1H3. The highest BCUT2D eigenvalue weighted by molar-refractivity contribution is 4.92. The van der Waals surface area contributed by atoms with E-state index in [0.29, 0.717) is 0 Å². The van der Waals surface area contributed by atoms with Gasteiger partial charge in [0, 0.05) is 6.42 Å². The molecule has 0 saturated carbocycles. The third kappa shape index (κ3) is 25.4. The highest BCUT2D eigenvalue weighted by Crippen LogP contribution is 2.15. The minimum absolute atomic E-state index is 0.857. The second-order valence-corrected chi connectivity index (χ2v) is 8.46. The second-order valence-electron chi connectivity index (χ2n) is 8.46. The zero-order valence-electron chi connectivity index (χ0n) is 18.7. The first-order valence-electron chi connectivity index (χ1n) is 12.5. The Morgan fingerprint density at radius 3 is 0.926 bits per heavy atom. The maximum absolute atomic E-state index is 8.38. The first-order chi connectivity index (χ1) is 13.4. The first-order valence-corrected chi connectivity index (χ1v) is 12.5. The van der Waals surface area contributed by atoms with E-state index in [1.165, 1.54) is 135 Å². The van der Waals surface area contributed by atoms with Gasteiger partial charge in [-0.2, -0.15) is 0 Å². The van der Waals surface area contributed by atoms with Gasteiger partial charge in [0.05, 0.1) is 6.04 Å². The Balaban J connectivity index is 2.98. The molecule has 0 spiro atoms. The minimum Gasteiger partial charge on any atom is -0.0878 e. The minimum atomic E-state index is 0.857. The monoisotopic (exact) mass is 375 g/mol. The fourth-order valence-corrected chi connectivity index (χ4v) is 3.88. The lowest BCUT2D eigenvalue weighted by Crippen LogP contribution is -1.84. The van der Waals surface area contributed by atoms with Crippen molar-refractivity contribution >= 4 is 0 Å². The molecule has 0 amide bonds.